The zero-order chi connectivity index (χ0) is 24.3. The number of benzene rings is 1. The van der Waals surface area contributed by atoms with E-state index in [1.807, 2.05) is 56.1 Å². The van der Waals surface area contributed by atoms with Gasteiger partial charge in [0.1, 0.15) is 5.60 Å². The molecule has 2 saturated heterocycles. The van der Waals surface area contributed by atoms with E-state index in [0.717, 1.165) is 55.7 Å². The van der Waals surface area contributed by atoms with Crippen LogP contribution in [0.4, 0.5) is 4.79 Å². The van der Waals surface area contributed by atoms with E-state index in [2.05, 4.69) is 25.9 Å². The molecule has 1 aromatic carbocycles. The molecule has 2 fully saturated rings. The molecule has 184 valence electrons. The van der Waals surface area contributed by atoms with Crippen molar-refractivity contribution < 1.29 is 14.3 Å². The molecule has 3 heterocycles. The first kappa shape index (κ1) is 24.7. The number of ether oxygens (including phenoxy) is 1. The molecular weight excluding hydrogens is 498 g/mol. The summed E-state index contributed by atoms with van der Waals surface area (Å²) in [6.45, 7) is 11.4. The van der Waals surface area contributed by atoms with Crippen molar-refractivity contribution >= 4 is 27.9 Å². The summed E-state index contributed by atoms with van der Waals surface area (Å²) in [5, 5.41) is 4.28. The number of piperidine rings is 1. The van der Waals surface area contributed by atoms with Crippen molar-refractivity contribution in [1.82, 2.24) is 24.5 Å². The highest BCUT2D eigenvalue weighted by molar-refractivity contribution is 9.10. The maximum absolute atomic E-state index is 13.0. The largest absolute Gasteiger partial charge is 0.444 e. The van der Waals surface area contributed by atoms with Crippen LogP contribution in [0.2, 0.25) is 0 Å². The van der Waals surface area contributed by atoms with Gasteiger partial charge in [0.25, 0.3) is 5.91 Å². The highest BCUT2D eigenvalue weighted by atomic mass is 79.9. The number of carbonyl (C=O) groups is 2. The second-order valence-corrected chi connectivity index (χ2v) is 11.1. The Morgan fingerprint density at radius 3 is 2.21 bits per heavy atom. The van der Waals surface area contributed by atoms with Crippen molar-refractivity contribution in [2.45, 2.75) is 39.2 Å². The number of piperazine rings is 1. The van der Waals surface area contributed by atoms with Crippen LogP contribution in [0.5, 0.6) is 0 Å². The Balaban J connectivity index is 1.21. The van der Waals surface area contributed by atoms with Crippen molar-refractivity contribution in [3.63, 3.8) is 0 Å². The molecule has 34 heavy (non-hydrogen) atoms. The lowest BCUT2D eigenvalue weighted by Gasteiger charge is -2.39. The monoisotopic (exact) mass is 531 g/mol. The fraction of sp³-hybridized carbons (Fsp3) is 0.560. The SMILES string of the molecule is CC(C)(C)OC(=O)N1CCN(CC2CCN(C(=O)c3ccc(-n4cc(Br)cn4)cc3)CC2)CC1. The molecule has 0 unspecified atom stereocenters. The molecule has 8 nitrogen and oxygen atoms in total. The Bertz CT molecular complexity index is 985. The molecule has 0 bridgehead atoms. The van der Waals surface area contributed by atoms with E-state index >= 15 is 0 Å². The van der Waals surface area contributed by atoms with Crippen molar-refractivity contribution in [1.29, 1.82) is 0 Å². The number of nitrogens with zero attached hydrogens (tertiary/aromatic N) is 5. The summed E-state index contributed by atoms with van der Waals surface area (Å²) in [5.74, 6) is 0.676. The second kappa shape index (κ2) is 10.5. The minimum atomic E-state index is -0.459. The van der Waals surface area contributed by atoms with Crippen molar-refractivity contribution in [3.05, 3.63) is 46.7 Å². The predicted octanol–water partition coefficient (Wildman–Crippen LogP) is 4.04. The van der Waals surface area contributed by atoms with Crippen LogP contribution in [0.25, 0.3) is 5.69 Å². The molecule has 0 atom stereocenters. The predicted molar refractivity (Wildman–Crippen MR) is 134 cm³/mol. The Kier molecular flexibility index (Phi) is 7.62. The van der Waals surface area contributed by atoms with Gasteiger partial charge in [-0.05, 0) is 79.7 Å². The molecule has 1 aromatic heterocycles. The lowest BCUT2D eigenvalue weighted by molar-refractivity contribution is 0.0124. The molecule has 0 aliphatic carbocycles. The fourth-order valence-corrected chi connectivity index (χ4v) is 4.79. The molecular formula is C25H34BrN5O3. The van der Waals surface area contributed by atoms with Crippen LogP contribution in [0, 0.1) is 5.92 Å². The summed E-state index contributed by atoms with van der Waals surface area (Å²) in [6, 6.07) is 7.61. The van der Waals surface area contributed by atoms with E-state index < -0.39 is 5.60 Å². The first-order valence-corrected chi connectivity index (χ1v) is 12.8. The van der Waals surface area contributed by atoms with Crippen molar-refractivity contribution in [2.24, 2.45) is 5.92 Å². The van der Waals surface area contributed by atoms with Crippen LogP contribution in [0.3, 0.4) is 0 Å². The van der Waals surface area contributed by atoms with Crippen LogP contribution in [-0.2, 0) is 4.74 Å². The van der Waals surface area contributed by atoms with Gasteiger partial charge in [0.15, 0.2) is 0 Å². The smallest absolute Gasteiger partial charge is 0.410 e. The van der Waals surface area contributed by atoms with Crippen molar-refractivity contribution in [3.8, 4) is 5.69 Å². The summed E-state index contributed by atoms with van der Waals surface area (Å²) in [7, 11) is 0. The van der Waals surface area contributed by atoms with Gasteiger partial charge in [0.2, 0.25) is 0 Å². The summed E-state index contributed by atoms with van der Waals surface area (Å²) >= 11 is 3.41. The van der Waals surface area contributed by atoms with Gasteiger partial charge < -0.3 is 14.5 Å². The first-order chi connectivity index (χ1) is 16.2. The summed E-state index contributed by atoms with van der Waals surface area (Å²) in [6.07, 6.45) is 5.43. The quantitative estimate of drug-likeness (QED) is 0.595. The third-order valence-corrected chi connectivity index (χ3v) is 6.78. The number of hydrogen-bond acceptors (Lipinski definition) is 5. The number of halogens is 1. The zero-order valence-corrected chi connectivity index (χ0v) is 21.8. The minimum absolute atomic E-state index is 0.0950. The topological polar surface area (TPSA) is 70.9 Å². The zero-order valence-electron chi connectivity index (χ0n) is 20.2. The number of rotatable bonds is 4. The van der Waals surface area contributed by atoms with Crippen molar-refractivity contribution in [2.75, 3.05) is 45.8 Å². The number of carbonyl (C=O) groups excluding carboxylic acids is 2. The molecule has 2 aliphatic heterocycles. The Morgan fingerprint density at radius 2 is 1.65 bits per heavy atom. The van der Waals surface area contributed by atoms with Gasteiger partial charge in [-0.2, -0.15) is 5.10 Å². The molecule has 0 radical (unpaired) electrons. The number of amides is 2. The summed E-state index contributed by atoms with van der Waals surface area (Å²) in [5.41, 5.74) is 1.18. The van der Waals surface area contributed by atoms with Crippen LogP contribution in [0.15, 0.2) is 41.1 Å². The lowest BCUT2D eigenvalue weighted by atomic mass is 9.95. The van der Waals surface area contributed by atoms with Crippen LogP contribution >= 0.6 is 15.9 Å². The van der Waals surface area contributed by atoms with E-state index in [4.69, 9.17) is 4.74 Å². The van der Waals surface area contributed by atoms with Gasteiger partial charge in [-0.1, -0.05) is 0 Å². The maximum atomic E-state index is 13.0. The maximum Gasteiger partial charge on any atom is 0.410 e. The molecule has 0 saturated carbocycles. The van der Waals surface area contributed by atoms with Gasteiger partial charge >= 0.3 is 6.09 Å². The Labute approximate surface area is 210 Å². The third kappa shape index (κ3) is 6.39. The molecule has 2 amide bonds. The Hall–Kier alpha value is -2.39. The van der Waals surface area contributed by atoms with Crippen LogP contribution < -0.4 is 0 Å². The third-order valence-electron chi connectivity index (χ3n) is 6.37. The van der Waals surface area contributed by atoms with E-state index in [0.29, 0.717) is 24.6 Å². The van der Waals surface area contributed by atoms with E-state index in [9.17, 15) is 9.59 Å². The van der Waals surface area contributed by atoms with E-state index in [1.54, 1.807) is 15.8 Å². The van der Waals surface area contributed by atoms with Gasteiger partial charge in [0, 0.05) is 57.6 Å². The van der Waals surface area contributed by atoms with Gasteiger partial charge in [-0.25, -0.2) is 9.48 Å². The minimum Gasteiger partial charge on any atom is -0.444 e. The highest BCUT2D eigenvalue weighted by Gasteiger charge is 2.29. The summed E-state index contributed by atoms with van der Waals surface area (Å²) in [4.78, 5) is 31.5. The Morgan fingerprint density at radius 1 is 1.00 bits per heavy atom. The number of likely N-dealkylation sites (tertiary alicyclic amines) is 1. The van der Waals surface area contributed by atoms with E-state index in [1.165, 1.54) is 0 Å². The average molecular weight is 532 g/mol. The van der Waals surface area contributed by atoms with Crippen LogP contribution in [-0.4, -0.2) is 87.9 Å². The molecule has 0 N–H and O–H groups in total. The number of aromatic nitrogens is 2. The van der Waals surface area contributed by atoms with E-state index in [-0.39, 0.29) is 12.0 Å². The highest BCUT2D eigenvalue weighted by Crippen LogP contribution is 2.22. The average Bonchev–Trinajstić information content (AvgIpc) is 3.25. The fourth-order valence-electron chi connectivity index (χ4n) is 4.50. The lowest BCUT2D eigenvalue weighted by Crippen LogP contribution is -2.51. The number of hydrogen-bond donors (Lipinski definition) is 0. The standard InChI is InChI=1S/C25H34BrN5O3/c1-25(2,3)34-24(33)30-14-12-28(13-15-30)17-19-8-10-29(11-9-19)23(32)20-4-6-22(7-5-20)31-18-21(26)16-27-31/h4-7,16,18-19H,8-15,17H2,1-3H3. The van der Waals surface area contributed by atoms with Gasteiger partial charge in [-0.3, -0.25) is 9.69 Å². The second-order valence-electron chi connectivity index (χ2n) is 10.2. The first-order valence-electron chi connectivity index (χ1n) is 12.0. The van der Waals surface area contributed by atoms with Gasteiger partial charge in [0.05, 0.1) is 16.4 Å². The molecule has 4 rings (SSSR count). The van der Waals surface area contributed by atoms with Gasteiger partial charge in [-0.15, -0.1) is 0 Å². The molecule has 2 aliphatic rings. The molecule has 2 aromatic rings. The molecule has 9 heteroatoms. The van der Waals surface area contributed by atoms with Crippen LogP contribution in [0.1, 0.15) is 44.0 Å². The summed E-state index contributed by atoms with van der Waals surface area (Å²) < 4.78 is 8.18. The normalized spacial score (nSPS) is 18.2. The molecule has 0 spiro atoms.